The first-order chi connectivity index (χ1) is 7.15. The number of nitrogens with two attached hydrogens (primary N) is 1. The van der Waals surface area contributed by atoms with E-state index >= 15 is 0 Å². The van der Waals surface area contributed by atoms with Crippen molar-refractivity contribution in [3.05, 3.63) is 27.4 Å². The van der Waals surface area contributed by atoms with Gasteiger partial charge in [0, 0.05) is 11.3 Å². The number of hydrogen-bond acceptors (Lipinski definition) is 4. The van der Waals surface area contributed by atoms with Crippen LogP contribution < -0.4 is 11.3 Å². The SMILES string of the molecule is Cc1nnc2[nH]c(=O)c(CCN)c(C)n12. The Morgan fingerprint density at radius 2 is 2.13 bits per heavy atom. The summed E-state index contributed by atoms with van der Waals surface area (Å²) < 4.78 is 1.83. The van der Waals surface area contributed by atoms with Gasteiger partial charge >= 0.3 is 0 Å². The molecule has 0 fully saturated rings. The van der Waals surface area contributed by atoms with Crippen LogP contribution in [0.4, 0.5) is 0 Å². The second kappa shape index (κ2) is 3.47. The fraction of sp³-hybridized carbons (Fsp3) is 0.444. The van der Waals surface area contributed by atoms with Crippen LogP contribution >= 0.6 is 0 Å². The first-order valence-electron chi connectivity index (χ1n) is 4.78. The Kier molecular flexibility index (Phi) is 2.28. The second-order valence-electron chi connectivity index (χ2n) is 3.46. The molecule has 0 radical (unpaired) electrons. The van der Waals surface area contributed by atoms with Gasteiger partial charge in [-0.2, -0.15) is 0 Å². The highest BCUT2D eigenvalue weighted by molar-refractivity contribution is 5.33. The minimum absolute atomic E-state index is 0.127. The summed E-state index contributed by atoms with van der Waals surface area (Å²) in [5.74, 6) is 1.24. The van der Waals surface area contributed by atoms with E-state index < -0.39 is 0 Å². The van der Waals surface area contributed by atoms with Crippen molar-refractivity contribution in [2.45, 2.75) is 20.3 Å². The molecule has 0 bridgehead atoms. The summed E-state index contributed by atoms with van der Waals surface area (Å²) in [7, 11) is 0. The first kappa shape index (κ1) is 9.85. The van der Waals surface area contributed by atoms with Gasteiger partial charge < -0.3 is 5.73 Å². The number of nitrogens with zero attached hydrogens (tertiary/aromatic N) is 3. The minimum Gasteiger partial charge on any atom is -0.330 e. The third-order valence-electron chi connectivity index (χ3n) is 2.49. The summed E-state index contributed by atoms with van der Waals surface area (Å²) >= 11 is 0. The molecule has 6 heteroatoms. The zero-order valence-electron chi connectivity index (χ0n) is 8.74. The van der Waals surface area contributed by atoms with Gasteiger partial charge in [-0.15, -0.1) is 10.2 Å². The number of fused-ring (bicyclic) bond motifs is 1. The van der Waals surface area contributed by atoms with Gasteiger partial charge in [-0.25, -0.2) is 0 Å². The van der Waals surface area contributed by atoms with E-state index in [9.17, 15) is 4.79 Å². The van der Waals surface area contributed by atoms with Gasteiger partial charge in [0.15, 0.2) is 0 Å². The number of aromatic amines is 1. The number of aryl methyl sites for hydroxylation is 2. The molecule has 80 valence electrons. The summed E-state index contributed by atoms with van der Waals surface area (Å²) in [5.41, 5.74) is 6.90. The monoisotopic (exact) mass is 207 g/mol. The molecule has 15 heavy (non-hydrogen) atoms. The molecule has 0 aliphatic carbocycles. The number of nitrogens with one attached hydrogen (secondary N) is 1. The molecule has 0 saturated heterocycles. The van der Waals surface area contributed by atoms with Crippen LogP contribution in [0.3, 0.4) is 0 Å². The topological polar surface area (TPSA) is 89.1 Å². The highest BCUT2D eigenvalue weighted by atomic mass is 16.1. The van der Waals surface area contributed by atoms with Crippen molar-refractivity contribution in [1.29, 1.82) is 0 Å². The Labute approximate surface area is 86.1 Å². The largest absolute Gasteiger partial charge is 0.330 e. The van der Waals surface area contributed by atoms with Crippen LogP contribution in [0.25, 0.3) is 5.78 Å². The molecule has 3 N–H and O–H groups in total. The van der Waals surface area contributed by atoms with Crippen molar-refractivity contribution in [1.82, 2.24) is 19.6 Å². The first-order valence-corrected chi connectivity index (χ1v) is 4.78. The van der Waals surface area contributed by atoms with E-state index in [2.05, 4.69) is 15.2 Å². The lowest BCUT2D eigenvalue weighted by Gasteiger charge is -2.06. The van der Waals surface area contributed by atoms with E-state index in [-0.39, 0.29) is 5.56 Å². The lowest BCUT2D eigenvalue weighted by molar-refractivity contribution is 0.873. The third kappa shape index (κ3) is 1.42. The summed E-state index contributed by atoms with van der Waals surface area (Å²) in [6.45, 7) is 4.18. The number of hydrogen-bond donors (Lipinski definition) is 2. The molecular weight excluding hydrogens is 194 g/mol. The molecule has 0 aromatic carbocycles. The van der Waals surface area contributed by atoms with Crippen molar-refractivity contribution >= 4 is 5.78 Å². The van der Waals surface area contributed by atoms with E-state index in [4.69, 9.17) is 5.73 Å². The lowest BCUT2D eigenvalue weighted by Crippen LogP contribution is -2.21. The van der Waals surface area contributed by atoms with Crippen molar-refractivity contribution in [2.24, 2.45) is 5.73 Å². The predicted octanol–water partition coefficient (Wildman–Crippen LogP) is -0.464. The standard InChI is InChI=1S/C9H13N5O/c1-5-7(3-4-10)8(15)11-9-13-12-6(2)14(5)9/h3-4,10H2,1-2H3,(H,11,13,15). The minimum atomic E-state index is -0.127. The number of aromatic nitrogens is 4. The molecule has 2 aromatic rings. The normalized spacial score (nSPS) is 11.1. The van der Waals surface area contributed by atoms with E-state index in [1.807, 2.05) is 18.2 Å². The van der Waals surface area contributed by atoms with Gasteiger partial charge in [0.1, 0.15) is 5.82 Å². The lowest BCUT2D eigenvalue weighted by atomic mass is 10.2. The highest BCUT2D eigenvalue weighted by Crippen LogP contribution is 2.06. The van der Waals surface area contributed by atoms with Crippen molar-refractivity contribution in [2.75, 3.05) is 6.54 Å². The molecule has 2 rings (SSSR count). The van der Waals surface area contributed by atoms with Crippen LogP contribution in [0.15, 0.2) is 4.79 Å². The Balaban J connectivity index is 2.81. The Bertz CT molecular complexity index is 553. The molecular formula is C9H13N5O. The van der Waals surface area contributed by atoms with Gasteiger partial charge in [0.25, 0.3) is 5.56 Å². The fourth-order valence-electron chi connectivity index (χ4n) is 1.76. The summed E-state index contributed by atoms with van der Waals surface area (Å²) in [5, 5.41) is 7.78. The van der Waals surface area contributed by atoms with E-state index in [0.717, 1.165) is 11.5 Å². The van der Waals surface area contributed by atoms with Gasteiger partial charge in [-0.1, -0.05) is 0 Å². The van der Waals surface area contributed by atoms with Crippen LogP contribution in [0.1, 0.15) is 17.1 Å². The van der Waals surface area contributed by atoms with Crippen molar-refractivity contribution in [3.8, 4) is 0 Å². The average Bonchev–Trinajstić information content (AvgIpc) is 2.54. The summed E-state index contributed by atoms with van der Waals surface area (Å²) in [6, 6.07) is 0. The molecule has 0 amide bonds. The van der Waals surface area contributed by atoms with Gasteiger partial charge in [0.2, 0.25) is 5.78 Å². The maximum Gasteiger partial charge on any atom is 0.255 e. The van der Waals surface area contributed by atoms with Crippen molar-refractivity contribution in [3.63, 3.8) is 0 Å². The average molecular weight is 207 g/mol. The van der Waals surface area contributed by atoms with Crippen LogP contribution in [0.5, 0.6) is 0 Å². The quantitative estimate of drug-likeness (QED) is 0.697. The van der Waals surface area contributed by atoms with Gasteiger partial charge in [-0.3, -0.25) is 14.2 Å². The molecule has 0 aliphatic heterocycles. The Hall–Kier alpha value is -1.69. The molecule has 0 unspecified atom stereocenters. The smallest absolute Gasteiger partial charge is 0.255 e. The molecule has 2 heterocycles. The van der Waals surface area contributed by atoms with Crippen LogP contribution in [0.2, 0.25) is 0 Å². The molecule has 0 aliphatic rings. The Morgan fingerprint density at radius 1 is 1.40 bits per heavy atom. The maximum atomic E-state index is 11.7. The Morgan fingerprint density at radius 3 is 2.80 bits per heavy atom. The summed E-state index contributed by atoms with van der Waals surface area (Å²) in [4.78, 5) is 14.3. The highest BCUT2D eigenvalue weighted by Gasteiger charge is 2.11. The molecule has 2 aromatic heterocycles. The molecule has 0 saturated carbocycles. The predicted molar refractivity (Wildman–Crippen MR) is 55.8 cm³/mol. The van der Waals surface area contributed by atoms with E-state index in [0.29, 0.717) is 24.3 Å². The van der Waals surface area contributed by atoms with Crippen molar-refractivity contribution < 1.29 is 0 Å². The summed E-state index contributed by atoms with van der Waals surface area (Å²) in [6.07, 6.45) is 0.564. The van der Waals surface area contributed by atoms with E-state index in [1.54, 1.807) is 0 Å². The zero-order chi connectivity index (χ0) is 11.0. The molecule has 6 nitrogen and oxygen atoms in total. The van der Waals surface area contributed by atoms with E-state index in [1.165, 1.54) is 0 Å². The van der Waals surface area contributed by atoms with Crippen LogP contribution in [-0.4, -0.2) is 26.1 Å². The zero-order valence-corrected chi connectivity index (χ0v) is 8.74. The van der Waals surface area contributed by atoms with Gasteiger partial charge in [-0.05, 0) is 26.8 Å². The van der Waals surface area contributed by atoms with Crippen LogP contribution in [-0.2, 0) is 6.42 Å². The number of rotatable bonds is 2. The molecule has 0 atom stereocenters. The maximum absolute atomic E-state index is 11.7. The third-order valence-corrected chi connectivity index (χ3v) is 2.49. The molecule has 0 spiro atoms. The fourth-order valence-corrected chi connectivity index (χ4v) is 1.76. The van der Waals surface area contributed by atoms with Gasteiger partial charge in [0.05, 0.1) is 0 Å². The van der Waals surface area contributed by atoms with Crippen LogP contribution in [0, 0.1) is 13.8 Å². The second-order valence-corrected chi connectivity index (χ2v) is 3.46. The number of H-pyrrole nitrogens is 1.